The van der Waals surface area contributed by atoms with Crippen molar-refractivity contribution in [2.45, 2.75) is 44.3 Å². The molecule has 0 unspecified atom stereocenters. The highest BCUT2D eigenvalue weighted by atomic mass is 32.2. The van der Waals surface area contributed by atoms with Gasteiger partial charge in [0.2, 0.25) is 0 Å². The Hall–Kier alpha value is -1.96. The van der Waals surface area contributed by atoms with E-state index in [1.165, 1.54) is 0 Å². The van der Waals surface area contributed by atoms with Gasteiger partial charge in [-0.1, -0.05) is 48.6 Å². The number of sulfone groups is 2. The molecule has 160 valence electrons. The largest absolute Gasteiger partial charge is 0.361 e. The van der Waals surface area contributed by atoms with Crippen molar-refractivity contribution in [2.24, 2.45) is 23.7 Å². The second kappa shape index (κ2) is 5.50. The number of hydrogen-bond acceptors (Lipinski definition) is 5. The van der Waals surface area contributed by atoms with Gasteiger partial charge in [0, 0.05) is 23.7 Å². The molecule has 0 aromatic heterocycles. The van der Waals surface area contributed by atoms with Crippen LogP contribution in [0.1, 0.15) is 12.8 Å². The van der Waals surface area contributed by atoms with E-state index in [0.717, 1.165) is 6.42 Å². The molecule has 7 heteroatoms. The summed E-state index contributed by atoms with van der Waals surface area (Å²) in [5, 5.41) is -1.98. The monoisotopic (exact) mass is 454 g/mol. The van der Waals surface area contributed by atoms with E-state index in [1.807, 2.05) is 0 Å². The van der Waals surface area contributed by atoms with Crippen LogP contribution in [0.2, 0.25) is 0 Å². The van der Waals surface area contributed by atoms with Crippen LogP contribution >= 0.6 is 0 Å². The molecule has 7 rings (SSSR count). The van der Waals surface area contributed by atoms with Gasteiger partial charge in [-0.3, -0.25) is 0 Å². The van der Waals surface area contributed by atoms with Crippen LogP contribution in [-0.4, -0.2) is 38.5 Å². The molecule has 0 amide bonds. The second-order valence-electron chi connectivity index (χ2n) is 9.62. The van der Waals surface area contributed by atoms with E-state index in [2.05, 4.69) is 12.2 Å². The topological polar surface area (TPSA) is 80.8 Å². The van der Waals surface area contributed by atoms with Gasteiger partial charge in [-0.15, -0.1) is 0 Å². The van der Waals surface area contributed by atoms with E-state index in [9.17, 15) is 16.8 Å². The molecule has 1 heterocycles. The number of rotatable bonds is 4. The number of benzene rings is 2. The summed E-state index contributed by atoms with van der Waals surface area (Å²) in [7, 11) is -7.73. The molecule has 2 aromatic carbocycles. The van der Waals surface area contributed by atoms with Gasteiger partial charge in [0.15, 0.2) is 19.7 Å². The minimum atomic E-state index is -3.86. The predicted octanol–water partition coefficient (Wildman–Crippen LogP) is 3.03. The highest BCUT2D eigenvalue weighted by molar-refractivity contribution is 7.96. The summed E-state index contributed by atoms with van der Waals surface area (Å²) < 4.78 is 62.2. The van der Waals surface area contributed by atoms with Crippen LogP contribution in [0.15, 0.2) is 82.6 Å². The van der Waals surface area contributed by atoms with Crippen molar-refractivity contribution in [2.75, 3.05) is 0 Å². The minimum Gasteiger partial charge on any atom is -0.361 e. The molecule has 3 saturated carbocycles. The third-order valence-corrected chi connectivity index (χ3v) is 13.4. The molecule has 1 saturated heterocycles. The van der Waals surface area contributed by atoms with Crippen molar-refractivity contribution in [1.29, 1.82) is 0 Å². The zero-order valence-corrected chi connectivity index (χ0v) is 18.3. The first-order valence-corrected chi connectivity index (χ1v) is 13.9. The van der Waals surface area contributed by atoms with E-state index < -0.39 is 41.4 Å². The van der Waals surface area contributed by atoms with Gasteiger partial charge < -0.3 is 4.74 Å². The van der Waals surface area contributed by atoms with Crippen LogP contribution in [0.5, 0.6) is 0 Å². The first-order chi connectivity index (χ1) is 14.8. The second-order valence-corrected chi connectivity index (χ2v) is 13.8. The zero-order chi connectivity index (χ0) is 21.2. The number of hydrogen-bond donors (Lipinski definition) is 0. The lowest BCUT2D eigenvalue weighted by Crippen LogP contribution is -2.54. The summed E-state index contributed by atoms with van der Waals surface area (Å²) in [6.07, 6.45) is 5.89. The molecule has 4 aliphatic carbocycles. The maximum Gasteiger partial charge on any atom is 0.182 e. The third-order valence-electron chi connectivity index (χ3n) is 8.68. The molecule has 5 aliphatic rings. The van der Waals surface area contributed by atoms with Gasteiger partial charge in [0.05, 0.1) is 20.3 Å². The SMILES string of the molecule is O=S(=O)(c1ccccc1)[C@@H]1[C@H](S(=O)(=O)c2ccccc2)[C@@H]2C[C@H]1[C@]13O[C@]21[C@H]1C=C[C@H]3C1. The summed E-state index contributed by atoms with van der Waals surface area (Å²) in [5.74, 6) is -0.208. The Morgan fingerprint density at radius 1 is 0.645 bits per heavy atom. The van der Waals surface area contributed by atoms with Crippen molar-refractivity contribution in [3.63, 3.8) is 0 Å². The fourth-order valence-electron chi connectivity index (χ4n) is 7.76. The van der Waals surface area contributed by atoms with Crippen LogP contribution in [-0.2, 0) is 24.4 Å². The van der Waals surface area contributed by atoms with Crippen molar-refractivity contribution in [3.8, 4) is 0 Å². The van der Waals surface area contributed by atoms with Crippen LogP contribution in [0.4, 0.5) is 0 Å². The fraction of sp³-hybridized carbons (Fsp3) is 0.417. The minimum absolute atomic E-state index is 0.196. The quantitative estimate of drug-likeness (QED) is 0.524. The van der Waals surface area contributed by atoms with Crippen LogP contribution in [0.25, 0.3) is 0 Å². The van der Waals surface area contributed by atoms with Gasteiger partial charge in [-0.05, 0) is 37.1 Å². The van der Waals surface area contributed by atoms with E-state index in [4.69, 9.17) is 4.74 Å². The third kappa shape index (κ3) is 1.90. The lowest BCUT2D eigenvalue weighted by atomic mass is 9.73. The summed E-state index contributed by atoms with van der Waals surface area (Å²) in [4.78, 5) is 0.393. The first kappa shape index (κ1) is 18.6. The Labute approximate surface area is 182 Å². The van der Waals surface area contributed by atoms with Crippen molar-refractivity contribution < 1.29 is 21.6 Å². The Bertz CT molecular complexity index is 1230. The lowest BCUT2D eigenvalue weighted by Gasteiger charge is -2.36. The molecule has 5 nitrogen and oxygen atoms in total. The Kier molecular flexibility index (Phi) is 3.30. The maximum absolute atomic E-state index is 13.9. The molecular formula is C24H22O5S2. The predicted molar refractivity (Wildman–Crippen MR) is 114 cm³/mol. The molecule has 0 N–H and O–H groups in total. The fourth-order valence-corrected chi connectivity index (χ4v) is 12.9. The molecule has 31 heavy (non-hydrogen) atoms. The summed E-state index contributed by atoms with van der Waals surface area (Å²) in [6, 6.07) is 16.6. The molecule has 0 radical (unpaired) electrons. The molecule has 4 fully saturated rings. The molecule has 1 aliphatic heterocycles. The Morgan fingerprint density at radius 3 is 1.48 bits per heavy atom. The Balaban J connectivity index is 1.44. The molecular weight excluding hydrogens is 432 g/mol. The smallest absolute Gasteiger partial charge is 0.182 e. The van der Waals surface area contributed by atoms with E-state index >= 15 is 0 Å². The van der Waals surface area contributed by atoms with Crippen LogP contribution < -0.4 is 0 Å². The van der Waals surface area contributed by atoms with Gasteiger partial charge in [-0.25, -0.2) is 16.8 Å². The summed E-state index contributed by atoms with van der Waals surface area (Å²) in [6.45, 7) is 0. The molecule has 2 aromatic rings. The highest BCUT2D eigenvalue weighted by Crippen LogP contribution is 2.84. The standard InChI is InChI=1S/C24H22O5S2/c25-30(26,17-7-3-1-4-8-17)21-19-14-20(22(21)31(27,28)18-9-5-2-6-10-18)24-16-12-11-15(13-16)23(19,24)29-24/h1-12,15-16,19-22H,13-14H2/t15-,16-,19-,20+,21+,22-,23+,24-/m0/s1. The normalized spacial score (nSPS) is 43.7. The number of epoxide rings is 1. The maximum atomic E-state index is 13.9. The van der Waals surface area contributed by atoms with Crippen LogP contribution in [0.3, 0.4) is 0 Å². The number of ether oxygens (including phenoxy) is 1. The Morgan fingerprint density at radius 2 is 1.06 bits per heavy atom. The van der Waals surface area contributed by atoms with E-state index in [0.29, 0.717) is 6.42 Å². The summed E-state index contributed by atoms with van der Waals surface area (Å²) in [5.41, 5.74) is -0.987. The molecule has 0 spiro atoms. The summed E-state index contributed by atoms with van der Waals surface area (Å²) >= 11 is 0. The molecule has 4 bridgehead atoms. The van der Waals surface area contributed by atoms with Gasteiger partial charge in [0.1, 0.15) is 11.2 Å². The molecule has 8 atom stereocenters. The first-order valence-electron chi connectivity index (χ1n) is 10.8. The van der Waals surface area contributed by atoms with Crippen molar-refractivity contribution >= 4 is 19.7 Å². The average molecular weight is 455 g/mol. The van der Waals surface area contributed by atoms with Crippen molar-refractivity contribution in [3.05, 3.63) is 72.8 Å². The van der Waals surface area contributed by atoms with Gasteiger partial charge in [-0.2, -0.15) is 0 Å². The van der Waals surface area contributed by atoms with Gasteiger partial charge >= 0.3 is 0 Å². The van der Waals surface area contributed by atoms with Crippen LogP contribution in [0, 0.1) is 23.7 Å². The van der Waals surface area contributed by atoms with Gasteiger partial charge in [0.25, 0.3) is 0 Å². The average Bonchev–Trinajstić information content (AvgIpc) is 3.16. The number of fused-ring (bicyclic) bond motifs is 4. The lowest BCUT2D eigenvalue weighted by molar-refractivity contribution is 0.0967. The van der Waals surface area contributed by atoms with E-state index in [-0.39, 0.29) is 33.5 Å². The highest BCUT2D eigenvalue weighted by Gasteiger charge is 2.94. The zero-order valence-electron chi connectivity index (χ0n) is 16.7. The van der Waals surface area contributed by atoms with E-state index in [1.54, 1.807) is 60.7 Å². The van der Waals surface area contributed by atoms with Crippen molar-refractivity contribution in [1.82, 2.24) is 0 Å².